The van der Waals surface area contributed by atoms with Gasteiger partial charge in [-0.05, 0) is 48.4 Å². The monoisotopic (exact) mass is 428 g/mol. The summed E-state index contributed by atoms with van der Waals surface area (Å²) in [5.74, 6) is 2.08. The fourth-order valence-corrected chi connectivity index (χ4v) is 3.59. The lowest BCUT2D eigenvalue weighted by Crippen LogP contribution is -2.47. The lowest BCUT2D eigenvalue weighted by molar-refractivity contribution is -0.145. The fourth-order valence-electron chi connectivity index (χ4n) is 3.59. The summed E-state index contributed by atoms with van der Waals surface area (Å²) in [6, 6.07) is 19.1. The van der Waals surface area contributed by atoms with Crippen LogP contribution in [0.1, 0.15) is 5.56 Å². The molecular formula is C25H24N4O3. The predicted octanol–water partition coefficient (Wildman–Crippen LogP) is 4.59. The van der Waals surface area contributed by atoms with Crippen LogP contribution in [0.3, 0.4) is 0 Å². The van der Waals surface area contributed by atoms with Crippen molar-refractivity contribution < 1.29 is 14.3 Å². The van der Waals surface area contributed by atoms with Crippen LogP contribution in [0.4, 0.5) is 17.2 Å². The first kappa shape index (κ1) is 21.3. The normalized spacial score (nSPS) is 15.8. The summed E-state index contributed by atoms with van der Waals surface area (Å²) >= 11 is 0. The number of nitrogens with zero attached hydrogens (tertiary/aromatic N) is 4. The van der Waals surface area contributed by atoms with Crippen molar-refractivity contribution in [2.45, 2.75) is 12.5 Å². The molecule has 0 radical (unpaired) electrons. The summed E-state index contributed by atoms with van der Waals surface area (Å²) in [4.78, 5) is 23.3. The number of anilines is 2. The average Bonchev–Trinajstić information content (AvgIpc) is 2.83. The number of pyridine rings is 1. The largest absolute Gasteiger partial charge is 0.457 e. The van der Waals surface area contributed by atoms with E-state index in [4.69, 9.17) is 16.0 Å². The van der Waals surface area contributed by atoms with E-state index in [2.05, 4.69) is 9.83 Å². The highest BCUT2D eigenvalue weighted by atomic mass is 16.5. The molecule has 0 spiro atoms. The zero-order valence-electron chi connectivity index (χ0n) is 18.1. The molecular weight excluding hydrogens is 404 g/mol. The predicted molar refractivity (Wildman–Crippen MR) is 123 cm³/mol. The topological polar surface area (TPSA) is 59.3 Å². The Bertz CT molecular complexity index is 1120. The summed E-state index contributed by atoms with van der Waals surface area (Å²) in [6.07, 6.45) is 2.42. The molecule has 0 saturated carbocycles. The van der Waals surface area contributed by atoms with Gasteiger partial charge in [-0.3, -0.25) is 9.78 Å². The average molecular weight is 428 g/mol. The van der Waals surface area contributed by atoms with Crippen LogP contribution in [-0.4, -0.2) is 49.1 Å². The summed E-state index contributed by atoms with van der Waals surface area (Å²) in [5, 5.41) is 0. The minimum Gasteiger partial charge on any atom is -0.457 e. The Labute approximate surface area is 187 Å². The third-order valence-electron chi connectivity index (χ3n) is 5.54. The number of amides is 1. The molecule has 1 unspecified atom stereocenters. The van der Waals surface area contributed by atoms with Gasteiger partial charge in [-0.2, -0.15) is 0 Å². The minimum absolute atomic E-state index is 0.0173. The molecule has 7 heteroatoms. The molecule has 1 aromatic heterocycles. The molecule has 1 fully saturated rings. The molecule has 32 heavy (non-hydrogen) atoms. The number of benzene rings is 2. The number of hydrogen-bond acceptors (Lipinski definition) is 5. The SMILES string of the molecule is [C-]#[N+]c1cccnc1N(C)c1ccc(Oc2ccc(CC3COCC(=O)N3C)cc2)cc1. The van der Waals surface area contributed by atoms with Crippen LogP contribution in [0.25, 0.3) is 4.85 Å². The lowest BCUT2D eigenvalue weighted by atomic mass is 10.0. The highest BCUT2D eigenvalue weighted by molar-refractivity contribution is 5.78. The van der Waals surface area contributed by atoms with Crippen molar-refractivity contribution in [3.05, 3.63) is 83.8 Å². The highest BCUT2D eigenvalue weighted by Gasteiger charge is 2.25. The molecule has 1 aliphatic heterocycles. The number of morpholine rings is 1. The second kappa shape index (κ2) is 9.50. The van der Waals surface area contributed by atoms with Gasteiger partial charge in [0.15, 0.2) is 0 Å². The van der Waals surface area contributed by atoms with Gasteiger partial charge < -0.3 is 19.3 Å². The number of likely N-dealkylation sites (N-methyl/N-ethyl adjacent to an activating group) is 1. The first-order chi connectivity index (χ1) is 15.5. The van der Waals surface area contributed by atoms with Crippen molar-refractivity contribution in [2.24, 2.45) is 0 Å². The molecule has 0 bridgehead atoms. The minimum atomic E-state index is 0.0173. The number of carbonyl (C=O) groups excluding carboxylic acids is 1. The number of aromatic nitrogens is 1. The molecule has 4 rings (SSSR count). The van der Waals surface area contributed by atoms with Gasteiger partial charge in [-0.25, -0.2) is 4.85 Å². The van der Waals surface area contributed by atoms with Crippen molar-refractivity contribution in [1.29, 1.82) is 0 Å². The van der Waals surface area contributed by atoms with Crippen molar-refractivity contribution in [3.8, 4) is 11.5 Å². The van der Waals surface area contributed by atoms with Gasteiger partial charge in [-0.15, -0.1) is 0 Å². The zero-order chi connectivity index (χ0) is 22.5. The van der Waals surface area contributed by atoms with Crippen LogP contribution in [0, 0.1) is 6.57 Å². The number of ether oxygens (including phenoxy) is 2. The standard InChI is InChI=1S/C25H24N4O3/c1-26-23-5-4-14-27-25(23)29(3)19-8-12-22(13-9-19)32-21-10-6-18(7-11-21)15-20-16-31-17-24(30)28(20)2/h4-14,20H,15-17H2,2-3H3. The van der Waals surface area contributed by atoms with Gasteiger partial charge in [-0.1, -0.05) is 24.3 Å². The van der Waals surface area contributed by atoms with E-state index in [0.717, 1.165) is 23.4 Å². The smallest absolute Gasteiger partial charge is 0.248 e. The van der Waals surface area contributed by atoms with Crippen molar-refractivity contribution in [3.63, 3.8) is 0 Å². The second-order valence-corrected chi connectivity index (χ2v) is 7.63. The fraction of sp³-hybridized carbons (Fsp3) is 0.240. The molecule has 1 amide bonds. The molecule has 162 valence electrons. The molecule has 3 aromatic rings. The van der Waals surface area contributed by atoms with Crippen LogP contribution in [0.2, 0.25) is 0 Å². The van der Waals surface area contributed by atoms with E-state index in [1.165, 1.54) is 0 Å². The molecule has 1 saturated heterocycles. The molecule has 2 aromatic carbocycles. The Hall–Kier alpha value is -3.89. The van der Waals surface area contributed by atoms with Gasteiger partial charge in [0.25, 0.3) is 0 Å². The van der Waals surface area contributed by atoms with E-state index in [1.54, 1.807) is 23.2 Å². The maximum Gasteiger partial charge on any atom is 0.248 e. The first-order valence-electron chi connectivity index (χ1n) is 10.3. The van der Waals surface area contributed by atoms with Crippen LogP contribution < -0.4 is 9.64 Å². The summed E-state index contributed by atoms with van der Waals surface area (Å²) in [6.45, 7) is 8.04. The van der Waals surface area contributed by atoms with Crippen molar-refractivity contribution >= 4 is 23.1 Å². The third kappa shape index (κ3) is 4.71. The lowest BCUT2D eigenvalue weighted by Gasteiger charge is -2.32. The Kier molecular flexibility index (Phi) is 6.34. The van der Waals surface area contributed by atoms with E-state index < -0.39 is 0 Å². The molecule has 7 nitrogen and oxygen atoms in total. The molecule has 1 atom stereocenters. The van der Waals surface area contributed by atoms with Crippen LogP contribution in [0.5, 0.6) is 11.5 Å². The quantitative estimate of drug-likeness (QED) is 0.538. The first-order valence-corrected chi connectivity index (χ1v) is 10.3. The van der Waals surface area contributed by atoms with Gasteiger partial charge in [0.05, 0.1) is 19.2 Å². The van der Waals surface area contributed by atoms with Crippen LogP contribution in [0.15, 0.2) is 66.9 Å². The van der Waals surface area contributed by atoms with Gasteiger partial charge in [0.2, 0.25) is 11.6 Å². The van der Waals surface area contributed by atoms with E-state index in [1.807, 2.05) is 67.5 Å². The third-order valence-corrected chi connectivity index (χ3v) is 5.54. The molecule has 1 aliphatic rings. The summed E-state index contributed by atoms with van der Waals surface area (Å²) < 4.78 is 11.3. The zero-order valence-corrected chi connectivity index (χ0v) is 18.1. The van der Waals surface area contributed by atoms with E-state index in [9.17, 15) is 4.79 Å². The van der Waals surface area contributed by atoms with E-state index in [-0.39, 0.29) is 18.6 Å². The molecule has 0 N–H and O–H groups in total. The Morgan fingerprint density at radius 2 is 1.84 bits per heavy atom. The molecule has 0 aliphatic carbocycles. The number of rotatable bonds is 6. The van der Waals surface area contributed by atoms with Gasteiger partial charge in [0.1, 0.15) is 23.9 Å². The Balaban J connectivity index is 1.39. The van der Waals surface area contributed by atoms with Crippen molar-refractivity contribution in [2.75, 3.05) is 32.2 Å². The maximum absolute atomic E-state index is 11.8. The van der Waals surface area contributed by atoms with E-state index in [0.29, 0.717) is 23.9 Å². The van der Waals surface area contributed by atoms with E-state index >= 15 is 0 Å². The highest BCUT2D eigenvalue weighted by Crippen LogP contribution is 2.32. The maximum atomic E-state index is 11.8. The summed E-state index contributed by atoms with van der Waals surface area (Å²) in [7, 11) is 3.71. The Morgan fingerprint density at radius 1 is 1.16 bits per heavy atom. The van der Waals surface area contributed by atoms with Crippen LogP contribution >= 0.6 is 0 Å². The Morgan fingerprint density at radius 3 is 2.53 bits per heavy atom. The van der Waals surface area contributed by atoms with Gasteiger partial charge >= 0.3 is 0 Å². The second-order valence-electron chi connectivity index (χ2n) is 7.63. The van der Waals surface area contributed by atoms with Gasteiger partial charge in [0, 0.05) is 26.0 Å². The molecule has 2 heterocycles. The number of hydrogen-bond donors (Lipinski definition) is 0. The summed E-state index contributed by atoms with van der Waals surface area (Å²) in [5.41, 5.74) is 2.53. The van der Waals surface area contributed by atoms with Crippen molar-refractivity contribution in [1.82, 2.24) is 9.88 Å². The number of carbonyl (C=O) groups is 1. The van der Waals surface area contributed by atoms with Crippen LogP contribution in [-0.2, 0) is 16.0 Å².